The Labute approximate surface area is 229 Å². The summed E-state index contributed by atoms with van der Waals surface area (Å²) in [5.74, 6) is -3.36. The van der Waals surface area contributed by atoms with E-state index in [2.05, 4.69) is 15.4 Å². The van der Waals surface area contributed by atoms with E-state index >= 15 is 0 Å². The number of hydroxylamine groups is 2. The number of benzene rings is 2. The summed E-state index contributed by atoms with van der Waals surface area (Å²) in [7, 11) is 1.35. The zero-order chi connectivity index (χ0) is 29.3. The molecule has 0 amide bonds. The molecule has 0 radical (unpaired) electrons. The molecule has 2 aromatic carbocycles. The molecular formula is C26H24F6N6O3. The highest BCUT2D eigenvalue weighted by atomic mass is 19.4. The van der Waals surface area contributed by atoms with Gasteiger partial charge in [-0.3, -0.25) is 5.43 Å². The predicted molar refractivity (Wildman–Crippen MR) is 133 cm³/mol. The van der Waals surface area contributed by atoms with Crippen LogP contribution in [0.3, 0.4) is 0 Å². The summed E-state index contributed by atoms with van der Waals surface area (Å²) in [6, 6.07) is 10.0. The van der Waals surface area contributed by atoms with Crippen LogP contribution < -0.4 is 10.2 Å². The van der Waals surface area contributed by atoms with Gasteiger partial charge in [-0.1, -0.05) is 18.6 Å². The number of imidazole rings is 1. The average molecular weight is 583 g/mol. The number of hydrazine groups is 1. The Hall–Kier alpha value is -4.27. The summed E-state index contributed by atoms with van der Waals surface area (Å²) < 4.78 is 86.3. The number of aliphatic imine (C=N–C) groups is 1. The van der Waals surface area contributed by atoms with Gasteiger partial charge in [-0.25, -0.2) is 27.9 Å². The molecule has 2 unspecified atom stereocenters. The minimum atomic E-state index is -5.28. The third-order valence-corrected chi connectivity index (χ3v) is 6.75. The largest absolute Gasteiger partial charge is 0.494 e. The smallest absolute Gasteiger partial charge is 0.493 e. The van der Waals surface area contributed by atoms with Crippen molar-refractivity contribution < 1.29 is 40.7 Å². The molecule has 2 aliphatic heterocycles. The van der Waals surface area contributed by atoms with Crippen molar-refractivity contribution in [1.29, 1.82) is 0 Å². The molecule has 3 heterocycles. The van der Waals surface area contributed by atoms with Crippen LogP contribution in [-0.4, -0.2) is 57.5 Å². The molecule has 9 nitrogen and oxygen atoms in total. The molecule has 5 rings (SSSR count). The maximum Gasteiger partial charge on any atom is 0.493 e. The number of nitrogens with zero attached hydrogens (tertiary/aromatic N) is 5. The van der Waals surface area contributed by atoms with Gasteiger partial charge in [-0.15, -0.1) is 0 Å². The van der Waals surface area contributed by atoms with Crippen LogP contribution in [0, 0.1) is 5.82 Å². The lowest BCUT2D eigenvalue weighted by Gasteiger charge is -2.32. The summed E-state index contributed by atoms with van der Waals surface area (Å²) in [5.41, 5.74) is 3.73. The van der Waals surface area contributed by atoms with E-state index in [1.165, 1.54) is 48.3 Å². The Morgan fingerprint density at radius 2 is 1.90 bits per heavy atom. The van der Waals surface area contributed by atoms with Crippen LogP contribution in [0.1, 0.15) is 42.9 Å². The fourth-order valence-electron chi connectivity index (χ4n) is 4.88. The van der Waals surface area contributed by atoms with Crippen molar-refractivity contribution in [2.24, 2.45) is 4.99 Å². The van der Waals surface area contributed by atoms with E-state index in [0.29, 0.717) is 30.6 Å². The quantitative estimate of drug-likeness (QED) is 0.391. The first-order valence-corrected chi connectivity index (χ1v) is 12.5. The highest BCUT2D eigenvalue weighted by Gasteiger charge is 2.50. The number of carbonyl (C=O) groups excluding carboxylic acids is 1. The zero-order valence-electron chi connectivity index (χ0n) is 21.5. The minimum absolute atomic E-state index is 0.195. The van der Waals surface area contributed by atoms with Crippen LogP contribution in [0.15, 0.2) is 60.0 Å². The molecular weight excluding hydrogens is 558 g/mol. The number of aromatic nitrogens is 2. The van der Waals surface area contributed by atoms with E-state index < -0.39 is 42.2 Å². The lowest BCUT2D eigenvalue weighted by Crippen LogP contribution is -2.46. The standard InChI is InChI=1S/C26H24F6N6O3/c1-40-21-12-17(9-10-20(21)36-13-19(22(28)29)33-14-36)34-25-35-37-11-3-2-4-18(15-5-7-16(27)8-6-15)23(37)38(25)41-24(39)26(30,31)32/h5-10,12-14,18,22-23H,2-4,11H2,1H3,(H,34,35). The number of nitrogens with one attached hydrogen (secondary N) is 1. The van der Waals surface area contributed by atoms with Crippen molar-refractivity contribution in [3.8, 4) is 11.4 Å². The van der Waals surface area contributed by atoms with Crippen LogP contribution in [0.5, 0.6) is 5.75 Å². The lowest BCUT2D eigenvalue weighted by molar-refractivity contribution is -0.234. The maximum atomic E-state index is 13.6. The van der Waals surface area contributed by atoms with Crippen LogP contribution in [0.4, 0.5) is 32.0 Å². The molecule has 0 aliphatic carbocycles. The van der Waals surface area contributed by atoms with Crippen LogP contribution in [-0.2, 0) is 9.63 Å². The number of hydrogen-bond acceptors (Lipinski definition) is 6. The summed E-state index contributed by atoms with van der Waals surface area (Å²) in [4.78, 5) is 25.0. The van der Waals surface area contributed by atoms with E-state index in [1.807, 2.05) is 0 Å². The monoisotopic (exact) mass is 582 g/mol. The third kappa shape index (κ3) is 5.94. The van der Waals surface area contributed by atoms with Gasteiger partial charge in [0.1, 0.15) is 23.4 Å². The third-order valence-electron chi connectivity index (χ3n) is 6.75. The van der Waals surface area contributed by atoms with Gasteiger partial charge < -0.3 is 14.1 Å². The second-order valence-electron chi connectivity index (χ2n) is 9.37. The van der Waals surface area contributed by atoms with Crippen molar-refractivity contribution in [2.75, 3.05) is 13.7 Å². The molecule has 41 heavy (non-hydrogen) atoms. The van der Waals surface area contributed by atoms with Gasteiger partial charge in [0, 0.05) is 24.7 Å². The van der Waals surface area contributed by atoms with E-state index in [-0.39, 0.29) is 17.4 Å². The number of hydrogen-bond donors (Lipinski definition) is 1. The Morgan fingerprint density at radius 3 is 2.56 bits per heavy atom. The molecule has 1 aromatic heterocycles. The van der Waals surface area contributed by atoms with E-state index in [0.717, 1.165) is 17.7 Å². The number of rotatable bonds is 6. The Balaban J connectivity index is 1.53. The zero-order valence-corrected chi connectivity index (χ0v) is 21.5. The van der Waals surface area contributed by atoms with Crippen molar-refractivity contribution in [2.45, 2.75) is 43.9 Å². The van der Waals surface area contributed by atoms with Gasteiger partial charge in [-0.2, -0.15) is 23.2 Å². The maximum absolute atomic E-state index is 13.6. The van der Waals surface area contributed by atoms with Crippen LogP contribution >= 0.6 is 0 Å². The summed E-state index contributed by atoms with van der Waals surface area (Å²) >= 11 is 0. The molecule has 218 valence electrons. The molecule has 3 aromatic rings. The second-order valence-corrected chi connectivity index (χ2v) is 9.37. The highest BCUT2D eigenvalue weighted by Crippen LogP contribution is 2.38. The summed E-state index contributed by atoms with van der Waals surface area (Å²) in [6.45, 7) is 0.400. The van der Waals surface area contributed by atoms with Gasteiger partial charge in [0.25, 0.3) is 6.43 Å². The van der Waals surface area contributed by atoms with Crippen molar-refractivity contribution in [1.82, 2.24) is 25.0 Å². The first kappa shape index (κ1) is 28.3. The normalized spacial score (nSPS) is 20.6. The molecule has 2 saturated heterocycles. The fourth-order valence-corrected chi connectivity index (χ4v) is 4.88. The Kier molecular flexibility index (Phi) is 7.80. The van der Waals surface area contributed by atoms with Gasteiger partial charge >= 0.3 is 12.1 Å². The summed E-state index contributed by atoms with van der Waals surface area (Å²) in [6.07, 6.45) is -4.70. The lowest BCUT2D eigenvalue weighted by atomic mass is 9.91. The average Bonchev–Trinajstić information content (AvgIpc) is 3.49. The van der Waals surface area contributed by atoms with Crippen LogP contribution in [0.25, 0.3) is 5.69 Å². The molecule has 1 N–H and O–H groups in total. The molecule has 0 bridgehead atoms. The first-order valence-electron chi connectivity index (χ1n) is 12.5. The fraction of sp³-hybridized carbons (Fsp3) is 0.346. The summed E-state index contributed by atoms with van der Waals surface area (Å²) in [5, 5.41) is 2.42. The highest BCUT2D eigenvalue weighted by molar-refractivity contribution is 5.86. The molecule has 0 saturated carbocycles. The van der Waals surface area contributed by atoms with Crippen molar-refractivity contribution >= 4 is 17.6 Å². The molecule has 2 fully saturated rings. The Bertz CT molecular complexity index is 1430. The predicted octanol–water partition coefficient (Wildman–Crippen LogP) is 5.38. The number of halogens is 6. The first-order chi connectivity index (χ1) is 19.5. The van der Waals surface area contributed by atoms with Gasteiger partial charge in [0.15, 0.2) is 0 Å². The van der Waals surface area contributed by atoms with E-state index in [1.54, 1.807) is 17.1 Å². The number of alkyl halides is 5. The van der Waals surface area contributed by atoms with Crippen molar-refractivity contribution in [3.63, 3.8) is 0 Å². The number of ether oxygens (including phenoxy) is 1. The number of carbonyl (C=O) groups is 1. The molecule has 15 heteroatoms. The molecule has 2 atom stereocenters. The van der Waals surface area contributed by atoms with Gasteiger partial charge in [0.2, 0.25) is 5.96 Å². The molecule has 0 spiro atoms. The van der Waals surface area contributed by atoms with Gasteiger partial charge in [0.05, 0.1) is 24.8 Å². The minimum Gasteiger partial charge on any atom is -0.494 e. The van der Waals surface area contributed by atoms with E-state index in [4.69, 9.17) is 9.57 Å². The Morgan fingerprint density at radius 1 is 1.15 bits per heavy atom. The SMILES string of the molecule is COc1cc(N=C2NN3CCCCC(c4ccc(F)cc4)C3N2OC(=O)C(F)(F)F)ccc1-n1cnc(C(F)F)c1. The van der Waals surface area contributed by atoms with Crippen LogP contribution in [0.2, 0.25) is 0 Å². The van der Waals surface area contributed by atoms with Crippen molar-refractivity contribution in [3.05, 3.63) is 72.1 Å². The second kappa shape index (κ2) is 11.3. The van der Waals surface area contributed by atoms with Gasteiger partial charge in [-0.05, 0) is 42.7 Å². The topological polar surface area (TPSA) is 84.2 Å². The van der Waals surface area contributed by atoms with E-state index in [9.17, 15) is 31.1 Å². The number of guanidine groups is 1. The molecule has 2 aliphatic rings. The number of fused-ring (bicyclic) bond motifs is 1. The number of methoxy groups -OCH3 is 1.